The van der Waals surface area contributed by atoms with Crippen LogP contribution in [0.2, 0.25) is 0 Å². The van der Waals surface area contributed by atoms with E-state index in [9.17, 15) is 0 Å². The SMILES string of the molecule is ClC1=C[N+]N=C1I. The van der Waals surface area contributed by atoms with E-state index in [1.54, 1.807) is 0 Å². The number of rotatable bonds is 0. The fourth-order valence-electron chi connectivity index (χ4n) is 0.231. The van der Waals surface area contributed by atoms with Crippen LogP contribution in [-0.4, -0.2) is 3.72 Å². The van der Waals surface area contributed by atoms with Crippen molar-refractivity contribution in [2.45, 2.75) is 0 Å². The fourth-order valence-corrected chi connectivity index (χ4v) is 0.577. The van der Waals surface area contributed by atoms with Gasteiger partial charge < -0.3 is 0 Å². The first-order chi connectivity index (χ1) is 3.30. The highest BCUT2D eigenvalue weighted by molar-refractivity contribution is 14.1. The number of hydrogen-bond donors (Lipinski definition) is 0. The van der Waals surface area contributed by atoms with E-state index in [1.165, 1.54) is 6.20 Å². The maximum atomic E-state index is 5.49. The molecule has 0 amide bonds. The molecule has 2 radical (unpaired) electrons. The lowest BCUT2D eigenvalue weighted by Gasteiger charge is -1.70. The fraction of sp³-hybridized carbons (Fsp3) is 0. The maximum Gasteiger partial charge on any atom is 0.274 e. The molecule has 0 aromatic heterocycles. The monoisotopic (exact) mass is 227 g/mol. The Morgan fingerprint density at radius 2 is 2.57 bits per heavy atom. The van der Waals surface area contributed by atoms with Gasteiger partial charge in [-0.1, -0.05) is 11.6 Å². The molecule has 1 aliphatic heterocycles. The standard InChI is InChI=1S/C3HClIN2/c4-2-1-6-7-3(2)5/h1H/q+1. The summed E-state index contributed by atoms with van der Waals surface area (Å²) in [5.41, 5.74) is 3.53. The van der Waals surface area contributed by atoms with Gasteiger partial charge in [0.15, 0.2) is 3.72 Å². The van der Waals surface area contributed by atoms with E-state index in [1.807, 2.05) is 22.6 Å². The zero-order valence-corrected chi connectivity index (χ0v) is 6.14. The van der Waals surface area contributed by atoms with Crippen molar-refractivity contribution in [2.75, 3.05) is 0 Å². The molecule has 1 aliphatic rings. The predicted octanol–water partition coefficient (Wildman–Crippen LogP) is 1.43. The lowest BCUT2D eigenvalue weighted by Crippen LogP contribution is -1.75. The minimum absolute atomic E-state index is 0.626. The summed E-state index contributed by atoms with van der Waals surface area (Å²) in [5.74, 6) is 0. The van der Waals surface area contributed by atoms with Gasteiger partial charge in [-0.05, 0) is 22.6 Å². The molecular formula is C3HClIN2+. The van der Waals surface area contributed by atoms with Crippen LogP contribution in [0.4, 0.5) is 0 Å². The van der Waals surface area contributed by atoms with Gasteiger partial charge >= 0.3 is 0 Å². The second-order valence-electron chi connectivity index (χ2n) is 0.983. The molecule has 0 N–H and O–H groups in total. The molecule has 0 saturated heterocycles. The maximum absolute atomic E-state index is 5.49. The quantitative estimate of drug-likeness (QED) is 0.560. The first-order valence-electron chi connectivity index (χ1n) is 1.60. The third-order valence-corrected chi connectivity index (χ3v) is 1.91. The van der Waals surface area contributed by atoms with Crippen LogP contribution in [0.25, 0.3) is 0 Å². The van der Waals surface area contributed by atoms with Gasteiger partial charge in [-0.2, -0.15) is 0 Å². The lowest BCUT2D eigenvalue weighted by atomic mass is 10.7. The molecule has 0 atom stereocenters. The minimum Gasteiger partial charge on any atom is -0.0747 e. The smallest absolute Gasteiger partial charge is 0.0747 e. The van der Waals surface area contributed by atoms with E-state index in [0.29, 0.717) is 5.03 Å². The lowest BCUT2D eigenvalue weighted by molar-refractivity contribution is 0.975. The van der Waals surface area contributed by atoms with E-state index >= 15 is 0 Å². The van der Waals surface area contributed by atoms with Crippen molar-refractivity contribution in [2.24, 2.45) is 5.10 Å². The molecule has 0 aromatic carbocycles. The van der Waals surface area contributed by atoms with Crippen molar-refractivity contribution < 1.29 is 0 Å². The molecule has 4 heteroatoms. The number of hydrogen-bond acceptors (Lipinski definition) is 1. The molecule has 0 saturated carbocycles. The Labute approximate surface area is 59.8 Å². The van der Waals surface area contributed by atoms with E-state index in [0.717, 1.165) is 3.72 Å². The predicted molar refractivity (Wildman–Crippen MR) is 37.5 cm³/mol. The molecule has 0 fully saturated rings. The Bertz CT molecular complexity index is 124. The van der Waals surface area contributed by atoms with Crippen molar-refractivity contribution in [3.05, 3.63) is 11.2 Å². The van der Waals surface area contributed by atoms with E-state index < -0.39 is 0 Å². The molecule has 7 heavy (non-hydrogen) atoms. The average molecular weight is 227 g/mol. The highest BCUT2D eigenvalue weighted by atomic mass is 127. The van der Waals surface area contributed by atoms with Crippen molar-refractivity contribution in [1.29, 1.82) is 0 Å². The third-order valence-electron chi connectivity index (χ3n) is 0.514. The van der Waals surface area contributed by atoms with Crippen molar-refractivity contribution in [3.63, 3.8) is 0 Å². The van der Waals surface area contributed by atoms with Gasteiger partial charge in [0.1, 0.15) is 5.03 Å². The van der Waals surface area contributed by atoms with Gasteiger partial charge in [-0.25, -0.2) is 0 Å². The molecule has 0 unspecified atom stereocenters. The van der Waals surface area contributed by atoms with Crippen LogP contribution in [-0.2, 0) is 0 Å². The van der Waals surface area contributed by atoms with Gasteiger partial charge in [-0.15, -0.1) is 0 Å². The molecular weight excluding hydrogens is 226 g/mol. The van der Waals surface area contributed by atoms with E-state index in [-0.39, 0.29) is 0 Å². The van der Waals surface area contributed by atoms with Crippen LogP contribution in [0.15, 0.2) is 16.3 Å². The Morgan fingerprint density at radius 3 is 2.71 bits per heavy atom. The number of allylic oxidation sites excluding steroid dienone is 1. The highest BCUT2D eigenvalue weighted by Crippen LogP contribution is 2.13. The van der Waals surface area contributed by atoms with Crippen LogP contribution >= 0.6 is 34.2 Å². The molecule has 0 bridgehead atoms. The largest absolute Gasteiger partial charge is 0.274 e. The van der Waals surface area contributed by atoms with Gasteiger partial charge in [0, 0.05) is 0 Å². The molecule has 0 aromatic rings. The molecule has 0 aliphatic carbocycles. The topological polar surface area (TPSA) is 26.5 Å². The minimum atomic E-state index is 0.626. The van der Waals surface area contributed by atoms with Crippen LogP contribution in [0.1, 0.15) is 0 Å². The van der Waals surface area contributed by atoms with E-state index in [2.05, 4.69) is 10.5 Å². The molecule has 1 heterocycles. The molecule has 1 rings (SSSR count). The van der Waals surface area contributed by atoms with Gasteiger partial charge in [0.2, 0.25) is 0 Å². The Kier molecular flexibility index (Phi) is 1.66. The summed E-state index contributed by atoms with van der Waals surface area (Å²) in [4.78, 5) is 0. The molecule has 0 spiro atoms. The summed E-state index contributed by atoms with van der Waals surface area (Å²) in [6.45, 7) is 0. The highest BCUT2D eigenvalue weighted by Gasteiger charge is 2.16. The van der Waals surface area contributed by atoms with E-state index in [4.69, 9.17) is 11.6 Å². The Morgan fingerprint density at radius 1 is 1.86 bits per heavy atom. The van der Waals surface area contributed by atoms with Gasteiger partial charge in [0.25, 0.3) is 11.6 Å². The van der Waals surface area contributed by atoms with Crippen LogP contribution < -0.4 is 5.43 Å². The normalized spacial score (nSPS) is 19.1. The van der Waals surface area contributed by atoms with Gasteiger partial charge in [-0.3, -0.25) is 0 Å². The third kappa shape index (κ3) is 1.14. The van der Waals surface area contributed by atoms with Crippen LogP contribution in [0.5, 0.6) is 0 Å². The molecule has 2 nitrogen and oxygen atoms in total. The summed E-state index contributed by atoms with van der Waals surface area (Å²) in [7, 11) is 0. The van der Waals surface area contributed by atoms with Crippen molar-refractivity contribution in [3.8, 4) is 0 Å². The first-order valence-corrected chi connectivity index (χ1v) is 3.06. The molecule has 36 valence electrons. The number of halogens is 2. The average Bonchev–Trinajstić information content (AvgIpc) is 1.91. The van der Waals surface area contributed by atoms with Crippen molar-refractivity contribution in [1.82, 2.24) is 5.43 Å². The Hall–Kier alpha value is 0.390. The zero-order chi connectivity index (χ0) is 5.28. The number of nitrogens with zero attached hydrogens (tertiary/aromatic N) is 2. The summed E-state index contributed by atoms with van der Waals surface area (Å²) >= 11 is 7.51. The summed E-state index contributed by atoms with van der Waals surface area (Å²) in [6, 6.07) is 0. The second kappa shape index (κ2) is 2.11. The Balaban J connectivity index is 2.78. The van der Waals surface area contributed by atoms with Crippen LogP contribution in [0, 0.1) is 0 Å². The first kappa shape index (κ1) is 5.53. The van der Waals surface area contributed by atoms with Gasteiger partial charge in [0.05, 0.1) is 5.10 Å². The van der Waals surface area contributed by atoms with Crippen LogP contribution in [0.3, 0.4) is 0 Å². The zero-order valence-electron chi connectivity index (χ0n) is 3.23. The summed E-state index contributed by atoms with van der Waals surface area (Å²) in [6.07, 6.45) is 1.52. The van der Waals surface area contributed by atoms with Crippen molar-refractivity contribution >= 4 is 37.9 Å². The second-order valence-corrected chi connectivity index (χ2v) is 2.41. The summed E-state index contributed by atoms with van der Waals surface area (Å²) in [5, 5.41) is 4.25. The summed E-state index contributed by atoms with van der Waals surface area (Å²) < 4.78 is 0.763.